The van der Waals surface area contributed by atoms with E-state index in [1.807, 2.05) is 30.3 Å². The maximum Gasteiger partial charge on any atom is 0.320 e. The van der Waals surface area contributed by atoms with Crippen LogP contribution in [0.2, 0.25) is 0 Å². The number of carbonyl (C=O) groups excluding carboxylic acids is 2. The molecule has 0 aliphatic carbocycles. The van der Waals surface area contributed by atoms with Crippen LogP contribution in [0.4, 0.5) is 0 Å². The second-order valence-electron chi connectivity index (χ2n) is 6.38. The summed E-state index contributed by atoms with van der Waals surface area (Å²) in [4.78, 5) is 23.9. The minimum Gasteiger partial charge on any atom is -0.490 e. The second kappa shape index (κ2) is 10.7. The molecule has 1 aromatic rings. The number of para-hydroxylation sites is 1. The molecule has 2 rings (SSSR count). The van der Waals surface area contributed by atoms with E-state index in [9.17, 15) is 9.59 Å². The number of rotatable bonds is 11. The van der Waals surface area contributed by atoms with Gasteiger partial charge in [-0.1, -0.05) is 50.8 Å². The number of ether oxygens (including phenoxy) is 3. The third-order valence-corrected chi connectivity index (χ3v) is 4.32. The van der Waals surface area contributed by atoms with Crippen LogP contribution in [-0.2, 0) is 19.1 Å². The number of cyclic esters (lactones) is 1. The summed E-state index contributed by atoms with van der Waals surface area (Å²) in [6.45, 7) is 2.57. The molecule has 1 aliphatic heterocycles. The van der Waals surface area contributed by atoms with Crippen molar-refractivity contribution in [2.75, 3.05) is 13.2 Å². The normalized spacial score (nSPS) is 19.5. The average molecular weight is 348 g/mol. The fourth-order valence-electron chi connectivity index (χ4n) is 2.92. The quantitative estimate of drug-likeness (QED) is 0.345. The van der Waals surface area contributed by atoms with Crippen LogP contribution in [-0.4, -0.2) is 31.3 Å². The largest absolute Gasteiger partial charge is 0.490 e. The van der Waals surface area contributed by atoms with Gasteiger partial charge in [0.1, 0.15) is 25.1 Å². The fourth-order valence-corrected chi connectivity index (χ4v) is 2.92. The highest BCUT2D eigenvalue weighted by atomic mass is 16.6. The highest BCUT2D eigenvalue weighted by Gasteiger charge is 2.40. The number of esters is 2. The summed E-state index contributed by atoms with van der Waals surface area (Å²) in [5.74, 6) is -1.01. The van der Waals surface area contributed by atoms with E-state index in [2.05, 4.69) is 6.92 Å². The molecule has 0 bridgehead atoms. The Morgan fingerprint density at radius 1 is 1.12 bits per heavy atom. The fraction of sp³-hybridized carbons (Fsp3) is 0.600. The molecule has 1 aliphatic rings. The Morgan fingerprint density at radius 3 is 2.64 bits per heavy atom. The number of benzene rings is 1. The zero-order chi connectivity index (χ0) is 17.9. The summed E-state index contributed by atoms with van der Waals surface area (Å²) >= 11 is 0. The van der Waals surface area contributed by atoms with Crippen molar-refractivity contribution in [2.45, 2.75) is 58.0 Å². The van der Waals surface area contributed by atoms with E-state index in [1.54, 1.807) is 0 Å². The maximum atomic E-state index is 12.0. The lowest BCUT2D eigenvalue weighted by Crippen LogP contribution is -2.23. The lowest BCUT2D eigenvalue weighted by molar-refractivity contribution is -0.157. The van der Waals surface area contributed by atoms with E-state index in [0.717, 1.165) is 25.0 Å². The minimum absolute atomic E-state index is 0.124. The number of carbonyl (C=O) groups is 2. The topological polar surface area (TPSA) is 61.8 Å². The number of hydrogen-bond acceptors (Lipinski definition) is 5. The molecule has 1 fully saturated rings. The van der Waals surface area contributed by atoms with Crippen molar-refractivity contribution in [3.63, 3.8) is 0 Å². The van der Waals surface area contributed by atoms with E-state index in [0.29, 0.717) is 6.42 Å². The van der Waals surface area contributed by atoms with E-state index in [1.165, 1.54) is 19.3 Å². The highest BCUT2D eigenvalue weighted by molar-refractivity contribution is 5.96. The minimum atomic E-state index is -0.780. The molecule has 2 unspecified atom stereocenters. The third kappa shape index (κ3) is 6.77. The van der Waals surface area contributed by atoms with Crippen LogP contribution < -0.4 is 4.74 Å². The van der Waals surface area contributed by atoms with Gasteiger partial charge in [-0.2, -0.15) is 0 Å². The van der Waals surface area contributed by atoms with Gasteiger partial charge in [0.05, 0.1) is 0 Å². The Labute approximate surface area is 149 Å². The van der Waals surface area contributed by atoms with Crippen molar-refractivity contribution in [1.82, 2.24) is 0 Å². The van der Waals surface area contributed by atoms with Crippen molar-refractivity contribution >= 4 is 11.9 Å². The van der Waals surface area contributed by atoms with Crippen molar-refractivity contribution in [2.24, 2.45) is 5.92 Å². The first-order valence-corrected chi connectivity index (χ1v) is 9.25. The van der Waals surface area contributed by atoms with Gasteiger partial charge in [0.15, 0.2) is 5.92 Å². The summed E-state index contributed by atoms with van der Waals surface area (Å²) in [5.41, 5.74) is 0. The molecule has 5 nitrogen and oxygen atoms in total. The van der Waals surface area contributed by atoms with E-state index in [4.69, 9.17) is 14.2 Å². The van der Waals surface area contributed by atoms with Gasteiger partial charge in [0.25, 0.3) is 0 Å². The maximum absolute atomic E-state index is 12.0. The van der Waals surface area contributed by atoms with Crippen LogP contribution in [0.5, 0.6) is 5.75 Å². The summed E-state index contributed by atoms with van der Waals surface area (Å²) in [6, 6.07) is 9.32. The van der Waals surface area contributed by atoms with Crippen molar-refractivity contribution in [1.29, 1.82) is 0 Å². The Kier molecular flexibility index (Phi) is 8.29. The van der Waals surface area contributed by atoms with Gasteiger partial charge in [-0.15, -0.1) is 0 Å². The van der Waals surface area contributed by atoms with Gasteiger partial charge >= 0.3 is 11.9 Å². The molecule has 1 heterocycles. The first-order chi connectivity index (χ1) is 12.2. The van der Waals surface area contributed by atoms with Crippen LogP contribution in [0.15, 0.2) is 30.3 Å². The summed E-state index contributed by atoms with van der Waals surface area (Å²) in [7, 11) is 0. The lowest BCUT2D eigenvalue weighted by atomic mass is 10.0. The number of unbranched alkanes of at least 4 members (excludes halogenated alkanes) is 4. The molecular formula is C20H28O5. The average Bonchev–Trinajstić information content (AvgIpc) is 3.00. The molecule has 2 atom stereocenters. The molecule has 1 saturated heterocycles. The molecule has 1 aromatic carbocycles. The molecule has 0 N–H and O–H groups in total. The van der Waals surface area contributed by atoms with Gasteiger partial charge in [-0.3, -0.25) is 9.59 Å². The van der Waals surface area contributed by atoms with Gasteiger partial charge in [-0.05, 0) is 25.0 Å². The standard InChI is InChI=1S/C20H28O5/c1-2-3-4-5-7-12-17-15-18(20(22)25-17)19(21)24-14-13-23-16-10-8-6-9-11-16/h6,8-11,17-18H,2-5,7,12-15H2,1H3. The van der Waals surface area contributed by atoms with Gasteiger partial charge < -0.3 is 14.2 Å². The van der Waals surface area contributed by atoms with Crippen LogP contribution in [0, 0.1) is 5.92 Å². The molecule has 25 heavy (non-hydrogen) atoms. The monoisotopic (exact) mass is 348 g/mol. The Balaban J connectivity index is 1.61. The SMILES string of the molecule is CCCCCCCC1CC(C(=O)OCCOc2ccccc2)C(=O)O1. The van der Waals surface area contributed by atoms with E-state index >= 15 is 0 Å². The molecule has 0 spiro atoms. The van der Waals surface area contributed by atoms with Crippen LogP contribution in [0.1, 0.15) is 51.9 Å². The Morgan fingerprint density at radius 2 is 1.88 bits per heavy atom. The van der Waals surface area contributed by atoms with Crippen molar-refractivity contribution in [3.8, 4) is 5.75 Å². The van der Waals surface area contributed by atoms with Gasteiger partial charge in [0.2, 0.25) is 0 Å². The van der Waals surface area contributed by atoms with E-state index in [-0.39, 0.29) is 19.3 Å². The molecule has 0 aromatic heterocycles. The highest BCUT2D eigenvalue weighted by Crippen LogP contribution is 2.26. The molecular weight excluding hydrogens is 320 g/mol. The molecule has 0 saturated carbocycles. The zero-order valence-electron chi connectivity index (χ0n) is 14.9. The van der Waals surface area contributed by atoms with Crippen LogP contribution in [0.25, 0.3) is 0 Å². The van der Waals surface area contributed by atoms with Crippen molar-refractivity contribution < 1.29 is 23.8 Å². The van der Waals surface area contributed by atoms with Gasteiger partial charge in [-0.25, -0.2) is 0 Å². The van der Waals surface area contributed by atoms with Crippen molar-refractivity contribution in [3.05, 3.63) is 30.3 Å². The third-order valence-electron chi connectivity index (χ3n) is 4.32. The van der Waals surface area contributed by atoms with E-state index < -0.39 is 17.9 Å². The first kappa shape index (κ1) is 19.3. The lowest BCUT2D eigenvalue weighted by Gasteiger charge is -2.09. The van der Waals surface area contributed by atoms with Crippen LogP contribution >= 0.6 is 0 Å². The first-order valence-electron chi connectivity index (χ1n) is 9.25. The Bertz CT molecular complexity index is 528. The second-order valence-corrected chi connectivity index (χ2v) is 6.38. The zero-order valence-corrected chi connectivity index (χ0v) is 14.9. The molecule has 0 radical (unpaired) electrons. The smallest absolute Gasteiger partial charge is 0.320 e. The molecule has 5 heteroatoms. The summed E-state index contributed by atoms with van der Waals surface area (Å²) < 4.78 is 15.9. The van der Waals surface area contributed by atoms with Gasteiger partial charge in [0, 0.05) is 6.42 Å². The predicted molar refractivity (Wildman–Crippen MR) is 94.3 cm³/mol. The number of hydrogen-bond donors (Lipinski definition) is 0. The Hall–Kier alpha value is -2.04. The molecule has 0 amide bonds. The predicted octanol–water partition coefficient (Wildman–Crippen LogP) is 3.90. The summed E-state index contributed by atoms with van der Waals surface area (Å²) in [5, 5.41) is 0. The molecule has 138 valence electrons. The van der Waals surface area contributed by atoms with Crippen LogP contribution in [0.3, 0.4) is 0 Å². The summed E-state index contributed by atoms with van der Waals surface area (Å²) in [6.07, 6.45) is 6.96.